The second kappa shape index (κ2) is 4.83. The minimum absolute atomic E-state index is 0.0660. The molecule has 0 amide bonds. The Hall–Kier alpha value is -0.920. The molecule has 0 radical (unpaired) electrons. The van der Waals surface area contributed by atoms with E-state index >= 15 is 0 Å². The maximum Gasteiger partial charge on any atom is 0.0492 e. The largest absolute Gasteiger partial charge is 0.163 e. The van der Waals surface area contributed by atoms with E-state index in [-0.39, 0.29) is 5.41 Å². The lowest BCUT2D eigenvalue weighted by Crippen LogP contribution is -2.07. The van der Waals surface area contributed by atoms with Gasteiger partial charge in [-0.1, -0.05) is 33.8 Å². The molecule has 2 nitrogen and oxygen atoms in total. The molecular formula is C9H16N2. The summed E-state index contributed by atoms with van der Waals surface area (Å²) < 4.78 is 0. The standard InChI is InChI=1S/C7H10N2.C2H6/c1-7(2)4-3-5-8-9-6-7;1-2/h3-6H,1-2H3;1-2H3. The van der Waals surface area contributed by atoms with Crippen LogP contribution in [-0.4, -0.2) is 12.4 Å². The van der Waals surface area contributed by atoms with Crippen molar-refractivity contribution in [2.45, 2.75) is 27.7 Å². The molecule has 0 N–H and O–H groups in total. The van der Waals surface area contributed by atoms with Crippen molar-refractivity contribution in [2.24, 2.45) is 15.6 Å². The topological polar surface area (TPSA) is 24.7 Å². The van der Waals surface area contributed by atoms with Crippen molar-refractivity contribution in [2.75, 3.05) is 0 Å². The van der Waals surface area contributed by atoms with E-state index in [0.717, 1.165) is 0 Å². The summed E-state index contributed by atoms with van der Waals surface area (Å²) in [6.07, 6.45) is 7.48. The molecule has 0 aliphatic carbocycles. The van der Waals surface area contributed by atoms with Gasteiger partial charge >= 0.3 is 0 Å². The maximum atomic E-state index is 3.81. The molecule has 1 aliphatic rings. The van der Waals surface area contributed by atoms with E-state index < -0.39 is 0 Å². The first kappa shape index (κ1) is 10.1. The maximum absolute atomic E-state index is 3.81. The van der Waals surface area contributed by atoms with Crippen molar-refractivity contribution >= 4 is 12.4 Å². The molecule has 0 saturated heterocycles. The Morgan fingerprint density at radius 3 is 2.36 bits per heavy atom. The minimum Gasteiger partial charge on any atom is -0.163 e. The van der Waals surface area contributed by atoms with E-state index in [4.69, 9.17) is 0 Å². The van der Waals surface area contributed by atoms with Crippen molar-refractivity contribution in [1.82, 2.24) is 0 Å². The Kier molecular flexibility index (Phi) is 4.42. The Morgan fingerprint density at radius 2 is 1.73 bits per heavy atom. The van der Waals surface area contributed by atoms with Crippen molar-refractivity contribution in [3.63, 3.8) is 0 Å². The zero-order valence-corrected chi connectivity index (χ0v) is 7.70. The minimum atomic E-state index is 0.0660. The first-order valence-corrected chi connectivity index (χ1v) is 3.96. The second-order valence-electron chi connectivity index (χ2n) is 2.69. The molecule has 0 atom stereocenters. The number of hydrogen-bond acceptors (Lipinski definition) is 2. The lowest BCUT2D eigenvalue weighted by Gasteiger charge is -2.09. The molecule has 0 spiro atoms. The van der Waals surface area contributed by atoms with Gasteiger partial charge in [0.1, 0.15) is 0 Å². The fraction of sp³-hybridized carbons (Fsp3) is 0.556. The van der Waals surface area contributed by atoms with Gasteiger partial charge in [0.2, 0.25) is 0 Å². The highest BCUT2D eigenvalue weighted by molar-refractivity contribution is 5.77. The van der Waals surface area contributed by atoms with Crippen LogP contribution in [0.4, 0.5) is 0 Å². The number of hydrogen-bond donors (Lipinski definition) is 0. The second-order valence-corrected chi connectivity index (χ2v) is 2.69. The molecule has 0 aromatic carbocycles. The van der Waals surface area contributed by atoms with Gasteiger partial charge < -0.3 is 0 Å². The summed E-state index contributed by atoms with van der Waals surface area (Å²) in [6, 6.07) is 0. The molecule has 0 fully saturated rings. The molecule has 62 valence electrons. The molecule has 0 bridgehead atoms. The molecule has 0 unspecified atom stereocenters. The first-order chi connectivity index (χ1) is 5.21. The lowest BCUT2D eigenvalue weighted by molar-refractivity contribution is 0.693. The first-order valence-electron chi connectivity index (χ1n) is 3.96. The molecular weight excluding hydrogens is 136 g/mol. The normalized spacial score (nSPS) is 18.5. The fourth-order valence-corrected chi connectivity index (χ4v) is 0.593. The van der Waals surface area contributed by atoms with Gasteiger partial charge in [0.25, 0.3) is 0 Å². The quantitative estimate of drug-likeness (QED) is 0.510. The van der Waals surface area contributed by atoms with Crippen molar-refractivity contribution in [3.05, 3.63) is 12.2 Å². The summed E-state index contributed by atoms with van der Waals surface area (Å²) in [7, 11) is 0. The van der Waals surface area contributed by atoms with Crippen LogP contribution in [0.15, 0.2) is 22.4 Å². The Labute approximate surface area is 68.7 Å². The molecule has 11 heavy (non-hydrogen) atoms. The van der Waals surface area contributed by atoms with Crippen LogP contribution >= 0.6 is 0 Å². The summed E-state index contributed by atoms with van der Waals surface area (Å²) >= 11 is 0. The van der Waals surface area contributed by atoms with Crippen LogP contribution in [0.5, 0.6) is 0 Å². The van der Waals surface area contributed by atoms with E-state index in [0.29, 0.717) is 0 Å². The molecule has 0 saturated carbocycles. The average molecular weight is 152 g/mol. The van der Waals surface area contributed by atoms with Crippen LogP contribution in [0.3, 0.4) is 0 Å². The summed E-state index contributed by atoms with van der Waals surface area (Å²) in [5.41, 5.74) is 0.0660. The third kappa shape index (κ3) is 4.48. The smallest absolute Gasteiger partial charge is 0.0492 e. The zero-order chi connectivity index (χ0) is 8.74. The van der Waals surface area contributed by atoms with Gasteiger partial charge in [0.05, 0.1) is 0 Å². The molecule has 1 aliphatic heterocycles. The van der Waals surface area contributed by atoms with Crippen LogP contribution in [0.1, 0.15) is 27.7 Å². The van der Waals surface area contributed by atoms with E-state index in [2.05, 4.69) is 30.1 Å². The molecule has 0 aromatic rings. The predicted octanol–water partition coefficient (Wildman–Crippen LogP) is 2.67. The Balaban J connectivity index is 0.000000461. The number of allylic oxidation sites excluding steroid dienone is 2. The Morgan fingerprint density at radius 1 is 1.09 bits per heavy atom. The molecule has 2 heteroatoms. The lowest BCUT2D eigenvalue weighted by atomic mass is 9.95. The average Bonchev–Trinajstić information content (AvgIpc) is 2.17. The van der Waals surface area contributed by atoms with E-state index in [9.17, 15) is 0 Å². The third-order valence-corrected chi connectivity index (χ3v) is 1.14. The highest BCUT2D eigenvalue weighted by Gasteiger charge is 2.09. The van der Waals surface area contributed by atoms with Gasteiger partial charge in [-0.25, -0.2) is 0 Å². The van der Waals surface area contributed by atoms with Gasteiger partial charge in [0, 0.05) is 17.8 Å². The molecule has 1 rings (SSSR count). The monoisotopic (exact) mass is 152 g/mol. The van der Waals surface area contributed by atoms with Gasteiger partial charge in [-0.15, -0.1) is 0 Å². The summed E-state index contributed by atoms with van der Waals surface area (Å²) in [5.74, 6) is 0. The van der Waals surface area contributed by atoms with Gasteiger partial charge in [0.15, 0.2) is 0 Å². The highest BCUT2D eigenvalue weighted by Crippen LogP contribution is 2.14. The molecule has 1 heterocycles. The van der Waals surface area contributed by atoms with E-state index in [1.165, 1.54) is 0 Å². The van der Waals surface area contributed by atoms with E-state index in [1.807, 2.05) is 26.1 Å². The zero-order valence-electron chi connectivity index (χ0n) is 7.70. The van der Waals surface area contributed by atoms with Crippen LogP contribution in [0.25, 0.3) is 0 Å². The number of rotatable bonds is 0. The van der Waals surface area contributed by atoms with Crippen molar-refractivity contribution in [1.29, 1.82) is 0 Å². The van der Waals surface area contributed by atoms with Gasteiger partial charge in [-0.05, 0) is 6.08 Å². The van der Waals surface area contributed by atoms with Crippen LogP contribution in [0.2, 0.25) is 0 Å². The van der Waals surface area contributed by atoms with Crippen molar-refractivity contribution in [3.8, 4) is 0 Å². The van der Waals surface area contributed by atoms with Crippen LogP contribution in [0, 0.1) is 5.41 Å². The predicted molar refractivity (Wildman–Crippen MR) is 51.3 cm³/mol. The summed E-state index contributed by atoms with van der Waals surface area (Å²) in [5, 5.41) is 7.53. The van der Waals surface area contributed by atoms with E-state index in [1.54, 1.807) is 6.21 Å². The SMILES string of the molecule is CC.CC1(C)C=CC=NN=C1. The Bertz CT molecular complexity index is 158. The number of nitrogens with zero attached hydrogens (tertiary/aromatic N) is 2. The summed E-state index contributed by atoms with van der Waals surface area (Å²) in [4.78, 5) is 0. The van der Waals surface area contributed by atoms with Gasteiger partial charge in [-0.3, -0.25) is 0 Å². The summed E-state index contributed by atoms with van der Waals surface area (Å²) in [6.45, 7) is 8.17. The third-order valence-electron chi connectivity index (χ3n) is 1.14. The van der Waals surface area contributed by atoms with Gasteiger partial charge in [-0.2, -0.15) is 10.2 Å². The van der Waals surface area contributed by atoms with Crippen LogP contribution in [-0.2, 0) is 0 Å². The van der Waals surface area contributed by atoms with Crippen LogP contribution < -0.4 is 0 Å². The highest BCUT2D eigenvalue weighted by atomic mass is 15.2. The fourth-order valence-electron chi connectivity index (χ4n) is 0.593. The molecule has 0 aromatic heterocycles. The van der Waals surface area contributed by atoms with Crippen molar-refractivity contribution < 1.29 is 0 Å².